The maximum atomic E-state index is 11.6. The Labute approximate surface area is 123 Å². The predicted molar refractivity (Wildman–Crippen MR) is 70.4 cm³/mol. The van der Waals surface area contributed by atoms with Gasteiger partial charge in [-0.1, -0.05) is 12.1 Å². The number of aromatic hydroxyl groups is 4. The number of carbonyl (C=O) groups is 2. The molecule has 0 saturated heterocycles. The zero-order chi connectivity index (χ0) is 16.3. The number of para-hydroxylation sites is 2. The van der Waals surface area contributed by atoms with E-state index in [4.69, 9.17) is 0 Å². The lowest BCUT2D eigenvalue weighted by molar-refractivity contribution is -0.187. The molecule has 114 valence electrons. The van der Waals surface area contributed by atoms with Crippen LogP contribution in [-0.2, 0) is 9.78 Å². The molecular formula is C14H10O8. The molecule has 0 bridgehead atoms. The molecule has 0 heterocycles. The van der Waals surface area contributed by atoms with Crippen molar-refractivity contribution >= 4 is 11.9 Å². The van der Waals surface area contributed by atoms with Crippen LogP contribution in [0.15, 0.2) is 36.4 Å². The van der Waals surface area contributed by atoms with Gasteiger partial charge in [0.15, 0.2) is 23.0 Å². The molecule has 0 radical (unpaired) electrons. The topological polar surface area (TPSA) is 134 Å². The van der Waals surface area contributed by atoms with Crippen LogP contribution in [-0.4, -0.2) is 32.4 Å². The molecule has 0 aliphatic carbocycles. The van der Waals surface area contributed by atoms with Crippen LogP contribution in [0, 0.1) is 0 Å². The van der Waals surface area contributed by atoms with Crippen LogP contribution >= 0.6 is 0 Å². The summed E-state index contributed by atoms with van der Waals surface area (Å²) in [5.74, 6) is -5.03. The zero-order valence-electron chi connectivity index (χ0n) is 10.9. The van der Waals surface area contributed by atoms with Crippen LogP contribution in [0.4, 0.5) is 0 Å². The molecule has 8 nitrogen and oxygen atoms in total. The van der Waals surface area contributed by atoms with Crippen LogP contribution in [0.1, 0.15) is 20.7 Å². The summed E-state index contributed by atoms with van der Waals surface area (Å²) < 4.78 is 0. The number of carbonyl (C=O) groups excluding carboxylic acids is 2. The van der Waals surface area contributed by atoms with Crippen LogP contribution in [0.2, 0.25) is 0 Å². The molecule has 0 fully saturated rings. The molecule has 0 aliphatic rings. The molecule has 0 aromatic heterocycles. The van der Waals surface area contributed by atoms with E-state index < -0.39 is 46.1 Å². The lowest BCUT2D eigenvalue weighted by Gasteiger charge is -2.07. The first-order valence-corrected chi connectivity index (χ1v) is 5.87. The summed E-state index contributed by atoms with van der Waals surface area (Å²) in [6.07, 6.45) is 0. The predicted octanol–water partition coefficient (Wildman–Crippen LogP) is 1.44. The molecule has 0 aliphatic heterocycles. The minimum Gasteiger partial charge on any atom is -0.504 e. The van der Waals surface area contributed by atoms with Gasteiger partial charge in [0.1, 0.15) is 11.1 Å². The highest BCUT2D eigenvalue weighted by atomic mass is 17.2. The lowest BCUT2D eigenvalue weighted by atomic mass is 10.2. The number of hydrogen-bond acceptors (Lipinski definition) is 8. The van der Waals surface area contributed by atoms with Gasteiger partial charge in [-0.2, -0.15) is 0 Å². The number of hydrogen-bond donors (Lipinski definition) is 4. The average molecular weight is 306 g/mol. The van der Waals surface area contributed by atoms with Crippen molar-refractivity contribution in [2.24, 2.45) is 0 Å². The van der Waals surface area contributed by atoms with E-state index in [9.17, 15) is 30.0 Å². The molecule has 4 N–H and O–H groups in total. The first-order chi connectivity index (χ1) is 10.4. The van der Waals surface area contributed by atoms with Crippen LogP contribution in [0.5, 0.6) is 23.0 Å². The van der Waals surface area contributed by atoms with Crippen LogP contribution in [0.25, 0.3) is 0 Å². The fourth-order valence-electron chi connectivity index (χ4n) is 1.56. The molecule has 0 spiro atoms. The molecular weight excluding hydrogens is 296 g/mol. The molecule has 0 unspecified atom stereocenters. The van der Waals surface area contributed by atoms with Gasteiger partial charge in [0.25, 0.3) is 0 Å². The van der Waals surface area contributed by atoms with Crippen molar-refractivity contribution in [2.75, 3.05) is 0 Å². The fourth-order valence-corrected chi connectivity index (χ4v) is 1.56. The molecule has 8 heteroatoms. The molecule has 0 saturated carbocycles. The van der Waals surface area contributed by atoms with Gasteiger partial charge in [-0.25, -0.2) is 19.4 Å². The standard InChI is InChI=1S/C14H10O8/c15-9-5-1-3-7(11(9)17)13(19)21-22-14(20)8-4-2-6-10(16)12(8)18/h1-6,15-18H. The Balaban J connectivity index is 2.09. The summed E-state index contributed by atoms with van der Waals surface area (Å²) in [5, 5.41) is 37.4. The molecule has 0 atom stereocenters. The van der Waals surface area contributed by atoms with Gasteiger partial charge < -0.3 is 20.4 Å². The molecule has 2 aromatic rings. The maximum Gasteiger partial charge on any atom is 0.390 e. The molecule has 2 aromatic carbocycles. The molecule has 0 amide bonds. The Bertz CT molecular complexity index is 674. The van der Waals surface area contributed by atoms with E-state index >= 15 is 0 Å². The molecule has 22 heavy (non-hydrogen) atoms. The Morgan fingerprint density at radius 3 is 1.41 bits per heavy atom. The van der Waals surface area contributed by atoms with Crippen molar-refractivity contribution in [3.05, 3.63) is 47.5 Å². The van der Waals surface area contributed by atoms with Gasteiger partial charge in [0.05, 0.1) is 0 Å². The second kappa shape index (κ2) is 5.92. The minimum absolute atomic E-state index is 0.423. The largest absolute Gasteiger partial charge is 0.504 e. The zero-order valence-corrected chi connectivity index (χ0v) is 10.9. The first kappa shape index (κ1) is 15.0. The van der Waals surface area contributed by atoms with Crippen molar-refractivity contribution in [2.45, 2.75) is 0 Å². The summed E-state index contributed by atoms with van der Waals surface area (Å²) in [7, 11) is 0. The van der Waals surface area contributed by atoms with E-state index in [1.807, 2.05) is 0 Å². The first-order valence-electron chi connectivity index (χ1n) is 5.87. The summed E-state index contributed by atoms with van der Waals surface area (Å²) in [6, 6.07) is 7.10. The lowest BCUT2D eigenvalue weighted by Crippen LogP contribution is -2.12. The van der Waals surface area contributed by atoms with Gasteiger partial charge >= 0.3 is 11.9 Å². The van der Waals surface area contributed by atoms with Crippen molar-refractivity contribution in [3.63, 3.8) is 0 Å². The Hall–Kier alpha value is -3.42. The van der Waals surface area contributed by atoms with E-state index in [-0.39, 0.29) is 0 Å². The quantitative estimate of drug-likeness (QED) is 0.372. The summed E-state index contributed by atoms with van der Waals surface area (Å²) in [6.45, 7) is 0. The Kier molecular flexibility index (Phi) is 4.03. The normalized spacial score (nSPS) is 10.0. The van der Waals surface area contributed by atoms with Gasteiger partial charge in [0, 0.05) is 0 Å². The monoisotopic (exact) mass is 306 g/mol. The van der Waals surface area contributed by atoms with Crippen LogP contribution in [0.3, 0.4) is 0 Å². The maximum absolute atomic E-state index is 11.6. The van der Waals surface area contributed by atoms with E-state index in [1.165, 1.54) is 12.1 Å². The smallest absolute Gasteiger partial charge is 0.390 e. The number of phenolic OH excluding ortho intramolecular Hbond substituents is 4. The fraction of sp³-hybridized carbons (Fsp3) is 0. The van der Waals surface area contributed by atoms with Crippen LogP contribution < -0.4 is 0 Å². The second-order valence-electron chi connectivity index (χ2n) is 4.09. The second-order valence-corrected chi connectivity index (χ2v) is 4.09. The third-order valence-electron chi connectivity index (χ3n) is 2.66. The third-order valence-corrected chi connectivity index (χ3v) is 2.66. The summed E-state index contributed by atoms with van der Waals surface area (Å²) in [4.78, 5) is 31.7. The highest BCUT2D eigenvalue weighted by Crippen LogP contribution is 2.30. The molecule has 2 rings (SSSR count). The summed E-state index contributed by atoms with van der Waals surface area (Å²) in [5.41, 5.74) is -0.846. The SMILES string of the molecule is O=C(OOC(=O)c1cccc(O)c1O)c1cccc(O)c1O. The number of benzene rings is 2. The van der Waals surface area contributed by atoms with Crippen molar-refractivity contribution in [1.29, 1.82) is 0 Å². The van der Waals surface area contributed by atoms with Gasteiger partial charge in [-0.3, -0.25) is 0 Å². The van der Waals surface area contributed by atoms with E-state index in [0.717, 1.165) is 24.3 Å². The minimum atomic E-state index is -1.23. The van der Waals surface area contributed by atoms with Gasteiger partial charge in [0.2, 0.25) is 0 Å². The highest BCUT2D eigenvalue weighted by Gasteiger charge is 2.21. The average Bonchev–Trinajstić information content (AvgIpc) is 2.50. The Morgan fingerprint density at radius 1 is 0.682 bits per heavy atom. The third kappa shape index (κ3) is 2.85. The van der Waals surface area contributed by atoms with Crippen molar-refractivity contribution in [1.82, 2.24) is 0 Å². The van der Waals surface area contributed by atoms with E-state index in [0.29, 0.717) is 0 Å². The van der Waals surface area contributed by atoms with Crippen molar-refractivity contribution in [3.8, 4) is 23.0 Å². The number of phenols is 4. The highest BCUT2D eigenvalue weighted by molar-refractivity contribution is 5.96. The van der Waals surface area contributed by atoms with E-state index in [1.54, 1.807) is 0 Å². The Morgan fingerprint density at radius 2 is 1.05 bits per heavy atom. The van der Waals surface area contributed by atoms with Gasteiger partial charge in [-0.05, 0) is 24.3 Å². The number of rotatable bonds is 2. The van der Waals surface area contributed by atoms with E-state index in [2.05, 4.69) is 9.78 Å². The van der Waals surface area contributed by atoms with Crippen molar-refractivity contribution < 1.29 is 39.8 Å². The summed E-state index contributed by atoms with van der Waals surface area (Å²) >= 11 is 0. The van der Waals surface area contributed by atoms with Gasteiger partial charge in [-0.15, -0.1) is 0 Å².